The molecular formula is C16H11NO2. The number of rotatable bonds is 2. The fourth-order valence-corrected chi connectivity index (χ4v) is 2.15. The Morgan fingerprint density at radius 1 is 1.00 bits per heavy atom. The lowest BCUT2D eigenvalue weighted by Crippen LogP contribution is -1.85. The van der Waals surface area contributed by atoms with Crippen molar-refractivity contribution in [3.05, 3.63) is 60.3 Å². The first-order chi connectivity index (χ1) is 9.29. The van der Waals surface area contributed by atoms with Gasteiger partial charge in [-0.05, 0) is 29.3 Å². The number of fused-ring (bicyclic) bond motifs is 1. The molecule has 3 rings (SSSR count). The van der Waals surface area contributed by atoms with E-state index in [4.69, 9.17) is 0 Å². The molecule has 3 nitrogen and oxygen atoms in total. The molecule has 0 saturated carbocycles. The van der Waals surface area contributed by atoms with Crippen LogP contribution in [0.15, 0.2) is 54.7 Å². The fourth-order valence-electron chi connectivity index (χ4n) is 2.15. The molecule has 0 amide bonds. The molecule has 19 heavy (non-hydrogen) atoms. The highest BCUT2D eigenvalue weighted by Crippen LogP contribution is 2.32. The average molecular weight is 249 g/mol. The van der Waals surface area contributed by atoms with Gasteiger partial charge >= 0.3 is 0 Å². The number of hydrogen-bond donors (Lipinski definition) is 1. The van der Waals surface area contributed by atoms with Gasteiger partial charge in [-0.15, -0.1) is 0 Å². The normalized spacial score (nSPS) is 10.5. The van der Waals surface area contributed by atoms with Crippen LogP contribution < -0.4 is 0 Å². The molecule has 0 aliphatic carbocycles. The zero-order valence-electron chi connectivity index (χ0n) is 10.1. The van der Waals surface area contributed by atoms with Crippen LogP contribution in [-0.4, -0.2) is 16.4 Å². The third kappa shape index (κ3) is 1.95. The number of aromatic hydroxyl groups is 1. The van der Waals surface area contributed by atoms with E-state index in [0.717, 1.165) is 22.8 Å². The van der Waals surface area contributed by atoms with Gasteiger partial charge in [0.15, 0.2) is 0 Å². The molecule has 0 bridgehead atoms. The van der Waals surface area contributed by atoms with E-state index < -0.39 is 0 Å². The fraction of sp³-hybridized carbons (Fsp3) is 0. The molecule has 1 aromatic heterocycles. The Kier molecular flexibility index (Phi) is 2.72. The summed E-state index contributed by atoms with van der Waals surface area (Å²) < 4.78 is 0. The summed E-state index contributed by atoms with van der Waals surface area (Å²) in [7, 11) is 0. The quantitative estimate of drug-likeness (QED) is 0.708. The Hall–Kier alpha value is -2.68. The molecule has 0 fully saturated rings. The summed E-state index contributed by atoms with van der Waals surface area (Å²) in [5.41, 5.74) is 3.20. The highest BCUT2D eigenvalue weighted by molar-refractivity contribution is 5.97. The molecule has 0 unspecified atom stereocenters. The van der Waals surface area contributed by atoms with Crippen LogP contribution in [0.3, 0.4) is 0 Å². The number of pyridine rings is 1. The van der Waals surface area contributed by atoms with Crippen LogP contribution in [0.2, 0.25) is 0 Å². The number of phenols is 1. The van der Waals surface area contributed by atoms with E-state index in [1.165, 1.54) is 0 Å². The second-order valence-electron chi connectivity index (χ2n) is 4.27. The lowest BCUT2D eigenvalue weighted by atomic mass is 9.99. The highest BCUT2D eigenvalue weighted by Gasteiger charge is 2.07. The number of nitrogens with zero attached hydrogens (tertiary/aromatic N) is 1. The first-order valence-electron chi connectivity index (χ1n) is 5.92. The molecule has 3 aromatic rings. The molecule has 92 valence electrons. The summed E-state index contributed by atoms with van der Waals surface area (Å²) in [6.07, 6.45) is 2.47. The van der Waals surface area contributed by atoms with Gasteiger partial charge in [0, 0.05) is 17.1 Å². The van der Waals surface area contributed by atoms with Crippen LogP contribution in [-0.2, 0) is 0 Å². The minimum Gasteiger partial charge on any atom is -0.506 e. The molecule has 1 N–H and O–H groups in total. The lowest BCUT2D eigenvalue weighted by molar-refractivity contribution is 0.112. The van der Waals surface area contributed by atoms with Gasteiger partial charge in [0.1, 0.15) is 17.6 Å². The Bertz CT molecular complexity index is 748. The van der Waals surface area contributed by atoms with Crippen molar-refractivity contribution in [3.63, 3.8) is 0 Å². The van der Waals surface area contributed by atoms with Gasteiger partial charge in [-0.2, -0.15) is 0 Å². The number of aromatic nitrogens is 1. The maximum Gasteiger partial charge on any atom is 0.150 e. The molecule has 2 aromatic carbocycles. The monoisotopic (exact) mass is 249 g/mol. The smallest absolute Gasteiger partial charge is 0.150 e. The predicted molar refractivity (Wildman–Crippen MR) is 74.2 cm³/mol. The molecule has 0 aliphatic heterocycles. The maximum atomic E-state index is 10.7. The van der Waals surface area contributed by atoms with Crippen LogP contribution in [0.4, 0.5) is 0 Å². The number of phenolic OH excluding ortho intramolecular Hbond substituents is 1. The topological polar surface area (TPSA) is 50.2 Å². The van der Waals surface area contributed by atoms with E-state index in [-0.39, 0.29) is 5.75 Å². The van der Waals surface area contributed by atoms with Crippen LogP contribution >= 0.6 is 0 Å². The van der Waals surface area contributed by atoms with Crippen molar-refractivity contribution >= 4 is 17.2 Å². The summed E-state index contributed by atoms with van der Waals surface area (Å²) in [6.45, 7) is 0. The Labute approximate surface area is 110 Å². The highest BCUT2D eigenvalue weighted by atomic mass is 16.3. The summed E-state index contributed by atoms with van der Waals surface area (Å²) in [5.74, 6) is 0.170. The predicted octanol–water partition coefficient (Wildman–Crippen LogP) is 3.42. The largest absolute Gasteiger partial charge is 0.506 e. The van der Waals surface area contributed by atoms with E-state index in [1.807, 2.05) is 30.3 Å². The molecule has 0 saturated heterocycles. The van der Waals surface area contributed by atoms with Gasteiger partial charge in [-0.25, -0.2) is 0 Å². The van der Waals surface area contributed by atoms with Crippen LogP contribution in [0.1, 0.15) is 10.4 Å². The second kappa shape index (κ2) is 4.53. The first kappa shape index (κ1) is 11.4. The van der Waals surface area contributed by atoms with E-state index in [0.29, 0.717) is 11.1 Å². The second-order valence-corrected chi connectivity index (χ2v) is 4.27. The zero-order valence-corrected chi connectivity index (χ0v) is 10.1. The minimum absolute atomic E-state index is 0.170. The summed E-state index contributed by atoms with van der Waals surface area (Å²) >= 11 is 0. The molecule has 0 radical (unpaired) electrons. The number of benzene rings is 2. The summed E-state index contributed by atoms with van der Waals surface area (Å²) in [5, 5.41) is 10.7. The van der Waals surface area contributed by atoms with E-state index in [2.05, 4.69) is 4.98 Å². The Morgan fingerprint density at radius 3 is 2.53 bits per heavy atom. The lowest BCUT2D eigenvalue weighted by Gasteiger charge is -2.07. The van der Waals surface area contributed by atoms with Crippen LogP contribution in [0.5, 0.6) is 5.75 Å². The van der Waals surface area contributed by atoms with E-state index in [9.17, 15) is 9.90 Å². The van der Waals surface area contributed by atoms with E-state index in [1.54, 1.807) is 24.4 Å². The van der Waals surface area contributed by atoms with Gasteiger partial charge in [-0.3, -0.25) is 9.78 Å². The van der Waals surface area contributed by atoms with Crippen molar-refractivity contribution in [1.29, 1.82) is 0 Å². The number of carbonyl (C=O) groups is 1. The van der Waals surface area contributed by atoms with Crippen molar-refractivity contribution < 1.29 is 9.90 Å². The van der Waals surface area contributed by atoms with Gasteiger partial charge in [0.2, 0.25) is 0 Å². The zero-order chi connectivity index (χ0) is 13.2. The minimum atomic E-state index is 0.170. The number of hydrogen-bond acceptors (Lipinski definition) is 3. The maximum absolute atomic E-state index is 10.7. The summed E-state index contributed by atoms with van der Waals surface area (Å²) in [4.78, 5) is 14.9. The molecule has 0 spiro atoms. The van der Waals surface area contributed by atoms with Gasteiger partial charge in [0.05, 0.1) is 0 Å². The van der Waals surface area contributed by atoms with Crippen molar-refractivity contribution in [2.24, 2.45) is 0 Å². The summed E-state index contributed by atoms with van der Waals surface area (Å²) in [6, 6.07) is 14.6. The van der Waals surface area contributed by atoms with E-state index >= 15 is 0 Å². The third-order valence-corrected chi connectivity index (χ3v) is 3.11. The third-order valence-electron chi connectivity index (χ3n) is 3.11. The van der Waals surface area contributed by atoms with Crippen molar-refractivity contribution in [2.45, 2.75) is 0 Å². The first-order valence-corrected chi connectivity index (χ1v) is 5.92. The van der Waals surface area contributed by atoms with Crippen LogP contribution in [0, 0.1) is 0 Å². The average Bonchev–Trinajstić information content (AvgIpc) is 2.48. The Balaban J connectivity index is 2.24. The number of carbonyl (C=O) groups excluding carboxylic acids is 1. The van der Waals surface area contributed by atoms with Gasteiger partial charge in [0.25, 0.3) is 0 Å². The standard InChI is InChI=1S/C16H11NO2/c18-10-11-3-5-12(6-4-11)13-7-8-15(19)16-14(13)2-1-9-17-16/h1-10,19H. The van der Waals surface area contributed by atoms with Crippen molar-refractivity contribution in [3.8, 4) is 16.9 Å². The Morgan fingerprint density at radius 2 is 1.79 bits per heavy atom. The molecule has 3 heteroatoms. The van der Waals surface area contributed by atoms with Crippen LogP contribution in [0.25, 0.3) is 22.0 Å². The van der Waals surface area contributed by atoms with Crippen molar-refractivity contribution in [1.82, 2.24) is 4.98 Å². The molecule has 0 atom stereocenters. The number of aldehydes is 1. The molecule has 0 aliphatic rings. The molecule has 1 heterocycles. The van der Waals surface area contributed by atoms with Gasteiger partial charge in [-0.1, -0.05) is 30.3 Å². The van der Waals surface area contributed by atoms with Crippen molar-refractivity contribution in [2.75, 3.05) is 0 Å². The van der Waals surface area contributed by atoms with Gasteiger partial charge < -0.3 is 5.11 Å². The molecular weight excluding hydrogens is 238 g/mol. The SMILES string of the molecule is O=Cc1ccc(-c2ccc(O)c3ncccc23)cc1.